The van der Waals surface area contributed by atoms with Crippen molar-refractivity contribution in [2.75, 3.05) is 7.05 Å². The minimum absolute atomic E-state index is 0.573. The van der Waals surface area contributed by atoms with Gasteiger partial charge in [0.1, 0.15) is 12.4 Å². The Hall–Kier alpha value is -1.69. The number of aromatic nitrogens is 4. The fraction of sp³-hybridized carbons (Fsp3) is 0.500. The highest BCUT2D eigenvalue weighted by Crippen LogP contribution is 2.05. The van der Waals surface area contributed by atoms with Gasteiger partial charge in [-0.25, -0.2) is 4.98 Å². The van der Waals surface area contributed by atoms with Gasteiger partial charge in [-0.2, -0.15) is 0 Å². The van der Waals surface area contributed by atoms with Crippen LogP contribution in [0, 0.1) is 0 Å². The van der Waals surface area contributed by atoms with E-state index in [1.807, 2.05) is 24.7 Å². The maximum Gasteiger partial charge on any atom is 0.236 e. The van der Waals surface area contributed by atoms with Crippen molar-refractivity contribution in [2.45, 2.75) is 26.4 Å². The Balaban J connectivity index is 2.10. The molecule has 2 rings (SSSR count). The monoisotopic (exact) mass is 221 g/mol. The van der Waals surface area contributed by atoms with Crippen molar-refractivity contribution in [3.8, 4) is 0 Å². The maximum atomic E-state index is 5.45. The molecule has 0 amide bonds. The van der Waals surface area contributed by atoms with Crippen LogP contribution in [-0.2, 0) is 19.5 Å². The summed E-state index contributed by atoms with van der Waals surface area (Å²) in [5, 5.41) is 11.0. The lowest BCUT2D eigenvalue weighted by Crippen LogP contribution is -2.12. The van der Waals surface area contributed by atoms with E-state index in [4.69, 9.17) is 4.42 Å². The maximum absolute atomic E-state index is 5.45. The Bertz CT molecular complexity index is 448. The van der Waals surface area contributed by atoms with E-state index in [2.05, 4.69) is 20.5 Å². The van der Waals surface area contributed by atoms with Crippen LogP contribution in [0.4, 0.5) is 0 Å². The zero-order valence-corrected chi connectivity index (χ0v) is 9.47. The van der Waals surface area contributed by atoms with Crippen LogP contribution < -0.4 is 5.32 Å². The molecular weight excluding hydrogens is 206 g/mol. The molecule has 0 spiro atoms. The first-order chi connectivity index (χ1) is 7.83. The Morgan fingerprint density at radius 1 is 1.38 bits per heavy atom. The van der Waals surface area contributed by atoms with Crippen molar-refractivity contribution in [3.05, 3.63) is 30.0 Å². The predicted molar refractivity (Wildman–Crippen MR) is 57.8 cm³/mol. The highest BCUT2D eigenvalue weighted by molar-refractivity contribution is 4.95. The second kappa shape index (κ2) is 4.89. The van der Waals surface area contributed by atoms with Crippen LogP contribution >= 0.6 is 0 Å². The Morgan fingerprint density at radius 3 is 2.88 bits per heavy atom. The van der Waals surface area contributed by atoms with Crippen molar-refractivity contribution < 1.29 is 4.42 Å². The molecular formula is C10H15N5O. The van der Waals surface area contributed by atoms with Crippen LogP contribution in [0.5, 0.6) is 0 Å². The van der Waals surface area contributed by atoms with Gasteiger partial charge >= 0.3 is 0 Å². The number of imidazole rings is 1. The zero-order valence-electron chi connectivity index (χ0n) is 9.47. The van der Waals surface area contributed by atoms with Gasteiger partial charge < -0.3 is 14.3 Å². The van der Waals surface area contributed by atoms with Crippen molar-refractivity contribution in [3.63, 3.8) is 0 Å². The molecule has 0 saturated carbocycles. The van der Waals surface area contributed by atoms with Crippen molar-refractivity contribution in [2.24, 2.45) is 0 Å². The molecule has 6 heteroatoms. The van der Waals surface area contributed by atoms with Gasteiger partial charge in [0.15, 0.2) is 0 Å². The number of nitrogens with zero attached hydrogens (tertiary/aromatic N) is 4. The highest BCUT2D eigenvalue weighted by Gasteiger charge is 2.07. The summed E-state index contributed by atoms with van der Waals surface area (Å²) in [6.45, 7) is 3.28. The SMILES string of the molecule is CCc1nnc(Cn2ccnc2CNC)o1. The molecule has 0 atom stereocenters. The molecule has 0 bridgehead atoms. The molecule has 0 aromatic carbocycles. The molecule has 0 radical (unpaired) electrons. The van der Waals surface area contributed by atoms with E-state index in [0.29, 0.717) is 18.3 Å². The number of hydrogen-bond donors (Lipinski definition) is 1. The molecule has 2 aromatic heterocycles. The fourth-order valence-corrected chi connectivity index (χ4v) is 1.45. The van der Waals surface area contributed by atoms with Gasteiger partial charge in [-0.15, -0.1) is 10.2 Å². The van der Waals surface area contributed by atoms with E-state index < -0.39 is 0 Å². The smallest absolute Gasteiger partial charge is 0.236 e. The lowest BCUT2D eigenvalue weighted by atomic mass is 10.5. The standard InChI is InChI=1S/C10H15N5O/c1-3-9-13-14-10(16-9)7-15-5-4-12-8(15)6-11-2/h4-5,11H,3,6-7H2,1-2H3. The van der Waals surface area contributed by atoms with Crippen LogP contribution in [0.2, 0.25) is 0 Å². The van der Waals surface area contributed by atoms with Gasteiger partial charge in [0, 0.05) is 18.8 Å². The Morgan fingerprint density at radius 2 is 2.19 bits per heavy atom. The van der Waals surface area contributed by atoms with Gasteiger partial charge in [-0.05, 0) is 7.05 Å². The number of nitrogens with one attached hydrogen (secondary N) is 1. The van der Waals surface area contributed by atoms with E-state index in [1.165, 1.54) is 0 Å². The topological polar surface area (TPSA) is 68.8 Å². The number of aryl methyl sites for hydroxylation is 1. The third kappa shape index (κ3) is 2.27. The molecule has 0 aliphatic rings. The minimum atomic E-state index is 0.573. The molecule has 0 aliphatic heterocycles. The lowest BCUT2D eigenvalue weighted by molar-refractivity contribution is 0.438. The molecule has 86 valence electrons. The second-order valence-electron chi connectivity index (χ2n) is 3.44. The lowest BCUT2D eigenvalue weighted by Gasteiger charge is -2.03. The molecule has 6 nitrogen and oxygen atoms in total. The predicted octanol–water partition coefficient (Wildman–Crippen LogP) is 0.596. The summed E-state index contributed by atoms with van der Waals surface area (Å²) in [5.41, 5.74) is 0. The molecule has 0 aliphatic carbocycles. The molecule has 0 fully saturated rings. The van der Waals surface area contributed by atoms with E-state index >= 15 is 0 Å². The van der Waals surface area contributed by atoms with E-state index in [0.717, 1.165) is 18.8 Å². The van der Waals surface area contributed by atoms with E-state index in [-0.39, 0.29) is 0 Å². The molecule has 16 heavy (non-hydrogen) atoms. The summed E-state index contributed by atoms with van der Waals surface area (Å²) >= 11 is 0. The van der Waals surface area contributed by atoms with Crippen LogP contribution in [0.1, 0.15) is 24.5 Å². The van der Waals surface area contributed by atoms with Crippen molar-refractivity contribution in [1.29, 1.82) is 0 Å². The molecule has 0 unspecified atom stereocenters. The minimum Gasteiger partial charge on any atom is -0.423 e. The van der Waals surface area contributed by atoms with Crippen molar-refractivity contribution >= 4 is 0 Å². The van der Waals surface area contributed by atoms with Gasteiger partial charge in [-0.1, -0.05) is 6.92 Å². The summed E-state index contributed by atoms with van der Waals surface area (Å²) in [5.74, 6) is 2.25. The molecule has 0 saturated heterocycles. The summed E-state index contributed by atoms with van der Waals surface area (Å²) < 4.78 is 7.44. The van der Waals surface area contributed by atoms with E-state index in [9.17, 15) is 0 Å². The molecule has 2 aromatic rings. The van der Waals surface area contributed by atoms with Crippen molar-refractivity contribution in [1.82, 2.24) is 25.1 Å². The average Bonchev–Trinajstić information content (AvgIpc) is 2.90. The van der Waals surface area contributed by atoms with Gasteiger partial charge in [0.05, 0.1) is 6.54 Å². The highest BCUT2D eigenvalue weighted by atomic mass is 16.4. The molecule has 1 N–H and O–H groups in total. The Labute approximate surface area is 93.7 Å². The second-order valence-corrected chi connectivity index (χ2v) is 3.44. The van der Waals surface area contributed by atoms with Crippen LogP contribution in [0.25, 0.3) is 0 Å². The first kappa shape index (κ1) is 10.8. The Kier molecular flexibility index (Phi) is 3.31. The largest absolute Gasteiger partial charge is 0.423 e. The molecule has 2 heterocycles. The van der Waals surface area contributed by atoms with Gasteiger partial charge in [0.2, 0.25) is 11.8 Å². The first-order valence-electron chi connectivity index (χ1n) is 5.29. The average molecular weight is 221 g/mol. The summed E-state index contributed by atoms with van der Waals surface area (Å²) in [6, 6.07) is 0. The quantitative estimate of drug-likeness (QED) is 0.800. The van der Waals surface area contributed by atoms with Gasteiger partial charge in [-0.3, -0.25) is 0 Å². The summed E-state index contributed by atoms with van der Waals surface area (Å²) in [6.07, 6.45) is 4.44. The van der Waals surface area contributed by atoms with Crippen LogP contribution in [0.15, 0.2) is 16.8 Å². The summed E-state index contributed by atoms with van der Waals surface area (Å²) in [4.78, 5) is 4.24. The normalized spacial score (nSPS) is 10.9. The third-order valence-corrected chi connectivity index (χ3v) is 2.25. The van der Waals surface area contributed by atoms with Crippen LogP contribution in [-0.4, -0.2) is 26.8 Å². The summed E-state index contributed by atoms with van der Waals surface area (Å²) in [7, 11) is 1.89. The van der Waals surface area contributed by atoms with Crippen LogP contribution in [0.3, 0.4) is 0 Å². The zero-order chi connectivity index (χ0) is 11.4. The third-order valence-electron chi connectivity index (χ3n) is 2.25. The fourth-order valence-electron chi connectivity index (χ4n) is 1.45. The van der Waals surface area contributed by atoms with Gasteiger partial charge in [0.25, 0.3) is 0 Å². The number of hydrogen-bond acceptors (Lipinski definition) is 5. The number of rotatable bonds is 5. The van der Waals surface area contributed by atoms with E-state index in [1.54, 1.807) is 6.20 Å². The first-order valence-corrected chi connectivity index (χ1v) is 5.29.